The lowest BCUT2D eigenvalue weighted by Crippen LogP contribution is -2.22. The van der Waals surface area contributed by atoms with Gasteiger partial charge in [-0.05, 0) is 42.2 Å². The van der Waals surface area contributed by atoms with Crippen molar-refractivity contribution in [1.82, 2.24) is 10.3 Å². The zero-order valence-corrected chi connectivity index (χ0v) is 15.0. The van der Waals surface area contributed by atoms with Crippen LogP contribution in [0, 0.1) is 11.7 Å². The van der Waals surface area contributed by atoms with Gasteiger partial charge in [-0.2, -0.15) is 0 Å². The highest BCUT2D eigenvalue weighted by atomic mass is 32.1. The number of rotatable bonds is 5. The Kier molecular flexibility index (Phi) is 4.99. The van der Waals surface area contributed by atoms with Crippen molar-refractivity contribution in [1.29, 1.82) is 0 Å². The number of carbonyl (C=O) groups excluding carboxylic acids is 1. The second kappa shape index (κ2) is 7.19. The molecule has 0 atom stereocenters. The molecule has 1 aromatic carbocycles. The van der Waals surface area contributed by atoms with Crippen molar-refractivity contribution in [3.8, 4) is 0 Å². The Balaban J connectivity index is 1.78. The van der Waals surface area contributed by atoms with Gasteiger partial charge in [0.25, 0.3) is 5.91 Å². The summed E-state index contributed by atoms with van der Waals surface area (Å²) in [6, 6.07) is 9.92. The predicted molar refractivity (Wildman–Crippen MR) is 100 cm³/mol. The topological polar surface area (TPSA) is 68.0 Å². The van der Waals surface area contributed by atoms with E-state index in [0.717, 1.165) is 27.9 Å². The largest absolute Gasteiger partial charge is 0.397 e. The van der Waals surface area contributed by atoms with Crippen LogP contribution in [0.2, 0.25) is 0 Å². The van der Waals surface area contributed by atoms with E-state index in [-0.39, 0.29) is 11.7 Å². The summed E-state index contributed by atoms with van der Waals surface area (Å²) < 4.78 is 12.9. The van der Waals surface area contributed by atoms with E-state index in [1.54, 1.807) is 12.1 Å². The number of hydrogen-bond acceptors (Lipinski definition) is 4. The summed E-state index contributed by atoms with van der Waals surface area (Å²) in [5, 5.41) is 3.63. The van der Waals surface area contributed by atoms with Gasteiger partial charge < -0.3 is 11.1 Å². The number of aromatic nitrogens is 1. The van der Waals surface area contributed by atoms with Gasteiger partial charge in [0.1, 0.15) is 15.5 Å². The Hall–Kier alpha value is -2.47. The lowest BCUT2D eigenvalue weighted by Gasteiger charge is -2.04. The van der Waals surface area contributed by atoms with Gasteiger partial charge >= 0.3 is 0 Å². The molecule has 3 aromatic rings. The van der Waals surface area contributed by atoms with Gasteiger partial charge in [-0.3, -0.25) is 4.79 Å². The lowest BCUT2D eigenvalue weighted by molar-refractivity contribution is 0.0956. The lowest BCUT2D eigenvalue weighted by atomic mass is 10.1. The van der Waals surface area contributed by atoms with E-state index in [9.17, 15) is 9.18 Å². The van der Waals surface area contributed by atoms with Crippen LogP contribution in [-0.4, -0.2) is 10.9 Å². The molecule has 25 heavy (non-hydrogen) atoms. The smallest absolute Gasteiger partial charge is 0.263 e. The van der Waals surface area contributed by atoms with Crippen LogP contribution >= 0.6 is 11.3 Å². The molecular weight excluding hydrogens is 337 g/mol. The molecule has 2 aromatic heterocycles. The highest BCUT2D eigenvalue weighted by Gasteiger charge is 2.17. The van der Waals surface area contributed by atoms with Crippen molar-refractivity contribution in [2.75, 3.05) is 5.73 Å². The second-order valence-electron chi connectivity index (χ2n) is 6.41. The zero-order chi connectivity index (χ0) is 18.0. The van der Waals surface area contributed by atoms with E-state index in [0.29, 0.717) is 23.0 Å². The molecule has 4 nitrogen and oxygen atoms in total. The van der Waals surface area contributed by atoms with Crippen LogP contribution < -0.4 is 11.1 Å². The number of halogens is 1. The number of nitrogens with zero attached hydrogens (tertiary/aromatic N) is 1. The normalized spacial score (nSPS) is 11.2. The maximum atomic E-state index is 12.9. The number of fused-ring (bicyclic) bond motifs is 1. The summed E-state index contributed by atoms with van der Waals surface area (Å²) in [6.45, 7) is 4.60. The molecule has 0 saturated carbocycles. The number of nitrogen functional groups attached to an aromatic ring is 1. The van der Waals surface area contributed by atoms with Crippen LogP contribution in [-0.2, 0) is 13.0 Å². The molecule has 3 N–H and O–H groups in total. The summed E-state index contributed by atoms with van der Waals surface area (Å²) in [5.41, 5.74) is 8.43. The maximum Gasteiger partial charge on any atom is 0.263 e. The van der Waals surface area contributed by atoms with Gasteiger partial charge in [0.05, 0.1) is 5.69 Å². The summed E-state index contributed by atoms with van der Waals surface area (Å²) in [6.07, 6.45) is 0.889. The van der Waals surface area contributed by atoms with Crippen LogP contribution in [0.25, 0.3) is 10.2 Å². The average molecular weight is 357 g/mol. The van der Waals surface area contributed by atoms with Gasteiger partial charge in [0.15, 0.2) is 0 Å². The fourth-order valence-corrected chi connectivity index (χ4v) is 3.63. The molecule has 0 bridgehead atoms. The van der Waals surface area contributed by atoms with Crippen LogP contribution in [0.3, 0.4) is 0 Å². The van der Waals surface area contributed by atoms with Crippen LogP contribution in [0.4, 0.5) is 10.1 Å². The predicted octanol–water partition coefficient (Wildman–Crippen LogP) is 4.15. The van der Waals surface area contributed by atoms with E-state index < -0.39 is 0 Å². The fourth-order valence-electron chi connectivity index (χ4n) is 2.60. The number of anilines is 1. The van der Waals surface area contributed by atoms with Gasteiger partial charge in [-0.15, -0.1) is 11.3 Å². The minimum Gasteiger partial charge on any atom is -0.397 e. The number of nitrogens with two attached hydrogens (primary N) is 1. The molecule has 0 fully saturated rings. The van der Waals surface area contributed by atoms with Gasteiger partial charge in [-0.25, -0.2) is 9.37 Å². The zero-order valence-electron chi connectivity index (χ0n) is 14.2. The third kappa shape index (κ3) is 3.96. The van der Waals surface area contributed by atoms with E-state index in [4.69, 9.17) is 5.73 Å². The average Bonchev–Trinajstić information content (AvgIpc) is 2.90. The number of benzene rings is 1. The highest BCUT2D eigenvalue weighted by Crippen LogP contribution is 2.32. The quantitative estimate of drug-likeness (QED) is 0.721. The Morgan fingerprint density at radius 1 is 1.24 bits per heavy atom. The van der Waals surface area contributed by atoms with Gasteiger partial charge in [-0.1, -0.05) is 26.0 Å². The standard InChI is InChI=1S/C19H20FN3OS/c1-11(2)9-14-7-8-15-16(21)17(25-19(15)23-14)18(24)22-10-12-3-5-13(20)6-4-12/h3-8,11H,9-10,21H2,1-2H3,(H,22,24). The molecule has 130 valence electrons. The number of carbonyl (C=O) groups is 1. The third-order valence-corrected chi connectivity index (χ3v) is 4.96. The molecule has 3 rings (SSSR count). The van der Waals surface area contributed by atoms with Crippen molar-refractivity contribution in [3.63, 3.8) is 0 Å². The Bertz CT molecular complexity index is 903. The summed E-state index contributed by atoms with van der Waals surface area (Å²) >= 11 is 1.30. The highest BCUT2D eigenvalue weighted by molar-refractivity contribution is 7.21. The molecule has 0 aliphatic carbocycles. The van der Waals surface area contributed by atoms with Crippen molar-refractivity contribution < 1.29 is 9.18 Å². The first-order chi connectivity index (χ1) is 11.9. The number of amides is 1. The molecule has 0 radical (unpaired) electrons. The van der Waals surface area contributed by atoms with Gasteiger partial charge in [0, 0.05) is 17.6 Å². The van der Waals surface area contributed by atoms with Crippen molar-refractivity contribution in [3.05, 3.63) is 58.3 Å². The first kappa shape index (κ1) is 17.4. The SMILES string of the molecule is CC(C)Cc1ccc2c(N)c(C(=O)NCc3ccc(F)cc3)sc2n1. The van der Waals surface area contributed by atoms with Crippen LogP contribution in [0.5, 0.6) is 0 Å². The van der Waals surface area contributed by atoms with E-state index in [2.05, 4.69) is 24.1 Å². The Morgan fingerprint density at radius 3 is 2.64 bits per heavy atom. The van der Waals surface area contributed by atoms with Crippen molar-refractivity contribution in [2.45, 2.75) is 26.8 Å². The summed E-state index contributed by atoms with van der Waals surface area (Å²) in [4.78, 5) is 18.3. The molecule has 0 aliphatic heterocycles. The van der Waals surface area contributed by atoms with Gasteiger partial charge in [0.2, 0.25) is 0 Å². The molecule has 1 amide bonds. The van der Waals surface area contributed by atoms with Crippen molar-refractivity contribution >= 4 is 33.1 Å². The summed E-state index contributed by atoms with van der Waals surface area (Å²) in [7, 11) is 0. The van der Waals surface area contributed by atoms with E-state index >= 15 is 0 Å². The minimum absolute atomic E-state index is 0.241. The second-order valence-corrected chi connectivity index (χ2v) is 7.41. The molecule has 0 unspecified atom stereocenters. The fraction of sp³-hybridized carbons (Fsp3) is 0.263. The molecule has 6 heteroatoms. The molecule has 0 saturated heterocycles. The minimum atomic E-state index is -0.299. The molecule has 0 spiro atoms. The number of hydrogen-bond donors (Lipinski definition) is 2. The summed E-state index contributed by atoms with van der Waals surface area (Å²) in [5.74, 6) is -0.0249. The monoisotopic (exact) mass is 357 g/mol. The molecular formula is C19H20FN3OS. The van der Waals surface area contributed by atoms with Crippen molar-refractivity contribution in [2.24, 2.45) is 5.92 Å². The van der Waals surface area contributed by atoms with E-state index in [1.807, 2.05) is 12.1 Å². The third-order valence-electron chi connectivity index (χ3n) is 3.84. The first-order valence-corrected chi connectivity index (χ1v) is 8.96. The Labute approximate surface area is 149 Å². The first-order valence-electron chi connectivity index (χ1n) is 8.14. The number of nitrogens with one attached hydrogen (secondary N) is 1. The number of thiophene rings is 1. The van der Waals surface area contributed by atoms with Crippen LogP contribution in [0.1, 0.15) is 34.8 Å². The van der Waals surface area contributed by atoms with E-state index in [1.165, 1.54) is 23.5 Å². The number of pyridine rings is 1. The molecule has 2 heterocycles. The maximum absolute atomic E-state index is 12.9. The molecule has 0 aliphatic rings. The van der Waals surface area contributed by atoms with Crippen LogP contribution in [0.15, 0.2) is 36.4 Å². The Morgan fingerprint density at radius 2 is 1.96 bits per heavy atom.